The number of carbonyl (C=O) groups is 2. The molecule has 0 aliphatic heterocycles. The van der Waals surface area contributed by atoms with Crippen molar-refractivity contribution in [2.75, 3.05) is 0 Å². The lowest BCUT2D eigenvalue weighted by molar-refractivity contribution is -0.120. The first-order chi connectivity index (χ1) is 5.08. The molecule has 0 rings (SSSR count). The Kier molecular flexibility index (Phi) is 3.92. The summed E-state index contributed by atoms with van der Waals surface area (Å²) in [7, 11) is 0. The maximum atomic E-state index is 10.4. The van der Waals surface area contributed by atoms with Crippen molar-refractivity contribution in [2.24, 2.45) is 17.4 Å². The standard InChI is InChI=1S/C7H14N2O2/c1-2-3-6(4-10)7(8,9)5-11/h4-6H,2-3,8-9H2,1H3. The predicted molar refractivity (Wildman–Crippen MR) is 41.6 cm³/mol. The van der Waals surface area contributed by atoms with Crippen LogP contribution in [0.2, 0.25) is 0 Å². The Morgan fingerprint density at radius 1 is 1.45 bits per heavy atom. The fraction of sp³-hybridized carbons (Fsp3) is 0.714. The molecule has 0 spiro atoms. The van der Waals surface area contributed by atoms with Gasteiger partial charge < -0.3 is 16.3 Å². The molecule has 0 aliphatic rings. The summed E-state index contributed by atoms with van der Waals surface area (Å²) in [6.07, 6.45) is 2.39. The Morgan fingerprint density at radius 2 is 2.00 bits per heavy atom. The lowest BCUT2D eigenvalue weighted by Gasteiger charge is -2.23. The van der Waals surface area contributed by atoms with Gasteiger partial charge in [-0.15, -0.1) is 0 Å². The second-order valence-electron chi connectivity index (χ2n) is 2.65. The predicted octanol–water partition coefficient (Wildman–Crippen LogP) is -0.586. The summed E-state index contributed by atoms with van der Waals surface area (Å²) >= 11 is 0. The summed E-state index contributed by atoms with van der Waals surface area (Å²) in [5.74, 6) is -0.565. The van der Waals surface area contributed by atoms with E-state index in [0.717, 1.165) is 6.42 Å². The molecule has 0 saturated carbocycles. The zero-order valence-corrected chi connectivity index (χ0v) is 6.62. The van der Waals surface area contributed by atoms with E-state index in [1.807, 2.05) is 6.92 Å². The van der Waals surface area contributed by atoms with Crippen molar-refractivity contribution in [3.05, 3.63) is 0 Å². The minimum atomic E-state index is -1.49. The van der Waals surface area contributed by atoms with Crippen LogP contribution >= 0.6 is 0 Å². The first kappa shape index (κ1) is 10.3. The highest BCUT2D eigenvalue weighted by molar-refractivity contribution is 5.71. The molecular formula is C7H14N2O2. The molecule has 0 saturated heterocycles. The van der Waals surface area contributed by atoms with Crippen molar-refractivity contribution in [1.29, 1.82) is 0 Å². The largest absolute Gasteiger partial charge is 0.307 e. The van der Waals surface area contributed by atoms with Gasteiger partial charge in [-0.3, -0.25) is 4.79 Å². The molecule has 4 N–H and O–H groups in total. The average molecular weight is 158 g/mol. The molecule has 64 valence electrons. The molecule has 0 radical (unpaired) electrons. The van der Waals surface area contributed by atoms with Gasteiger partial charge in [0.05, 0.1) is 5.92 Å². The monoisotopic (exact) mass is 158 g/mol. The van der Waals surface area contributed by atoms with E-state index in [0.29, 0.717) is 19.0 Å². The normalized spacial score (nSPS) is 14.1. The fourth-order valence-electron chi connectivity index (χ4n) is 0.834. The van der Waals surface area contributed by atoms with Crippen LogP contribution in [0.3, 0.4) is 0 Å². The first-order valence-corrected chi connectivity index (χ1v) is 3.57. The van der Waals surface area contributed by atoms with Crippen LogP contribution in [-0.2, 0) is 9.59 Å². The van der Waals surface area contributed by atoms with Gasteiger partial charge in [0, 0.05) is 0 Å². The zero-order valence-electron chi connectivity index (χ0n) is 6.62. The molecule has 0 amide bonds. The zero-order chi connectivity index (χ0) is 8.91. The van der Waals surface area contributed by atoms with E-state index in [-0.39, 0.29) is 0 Å². The molecule has 0 aliphatic carbocycles. The first-order valence-electron chi connectivity index (χ1n) is 3.57. The lowest BCUT2D eigenvalue weighted by Crippen LogP contribution is -2.57. The number of nitrogens with two attached hydrogens (primary N) is 2. The summed E-state index contributed by atoms with van der Waals surface area (Å²) in [4.78, 5) is 20.7. The number of hydrogen-bond donors (Lipinski definition) is 2. The van der Waals surface area contributed by atoms with Crippen molar-refractivity contribution in [2.45, 2.75) is 25.4 Å². The molecule has 0 heterocycles. The minimum Gasteiger partial charge on any atom is -0.307 e. The van der Waals surface area contributed by atoms with Gasteiger partial charge in [-0.05, 0) is 6.42 Å². The van der Waals surface area contributed by atoms with Crippen LogP contribution < -0.4 is 11.5 Å². The third kappa shape index (κ3) is 2.78. The second kappa shape index (κ2) is 4.20. The van der Waals surface area contributed by atoms with Gasteiger partial charge in [-0.2, -0.15) is 0 Å². The van der Waals surface area contributed by atoms with Gasteiger partial charge in [0.1, 0.15) is 11.9 Å². The third-order valence-electron chi connectivity index (χ3n) is 1.61. The van der Waals surface area contributed by atoms with E-state index < -0.39 is 11.6 Å². The van der Waals surface area contributed by atoms with E-state index in [4.69, 9.17) is 11.5 Å². The summed E-state index contributed by atoms with van der Waals surface area (Å²) < 4.78 is 0. The Morgan fingerprint density at radius 3 is 2.27 bits per heavy atom. The van der Waals surface area contributed by atoms with Gasteiger partial charge in [0.15, 0.2) is 6.29 Å². The smallest absolute Gasteiger partial charge is 0.154 e. The lowest BCUT2D eigenvalue weighted by atomic mass is 9.92. The Bertz CT molecular complexity index is 145. The highest BCUT2D eigenvalue weighted by Gasteiger charge is 2.29. The highest BCUT2D eigenvalue weighted by Crippen LogP contribution is 2.10. The van der Waals surface area contributed by atoms with Crippen LogP contribution in [0.4, 0.5) is 0 Å². The fourth-order valence-corrected chi connectivity index (χ4v) is 0.834. The Hall–Kier alpha value is -0.740. The quantitative estimate of drug-likeness (QED) is 0.414. The van der Waals surface area contributed by atoms with E-state index in [9.17, 15) is 9.59 Å². The Labute approximate surface area is 65.9 Å². The number of rotatable bonds is 5. The summed E-state index contributed by atoms with van der Waals surface area (Å²) in [5.41, 5.74) is 9.18. The maximum absolute atomic E-state index is 10.4. The molecule has 4 nitrogen and oxygen atoms in total. The van der Waals surface area contributed by atoms with Gasteiger partial charge in [-0.1, -0.05) is 13.3 Å². The molecular weight excluding hydrogens is 144 g/mol. The van der Waals surface area contributed by atoms with Crippen LogP contribution in [-0.4, -0.2) is 18.2 Å². The van der Waals surface area contributed by atoms with Crippen LogP contribution in [0.15, 0.2) is 0 Å². The summed E-state index contributed by atoms with van der Waals surface area (Å²) in [6, 6.07) is 0. The van der Waals surface area contributed by atoms with Gasteiger partial charge in [-0.25, -0.2) is 0 Å². The maximum Gasteiger partial charge on any atom is 0.154 e. The van der Waals surface area contributed by atoms with Crippen molar-refractivity contribution >= 4 is 12.6 Å². The summed E-state index contributed by atoms with van der Waals surface area (Å²) in [5, 5.41) is 0. The molecule has 0 aromatic heterocycles. The van der Waals surface area contributed by atoms with Crippen molar-refractivity contribution in [1.82, 2.24) is 0 Å². The SMILES string of the molecule is CCCC(C=O)C(N)(N)C=O. The average Bonchev–Trinajstić information content (AvgIpc) is 2.00. The third-order valence-corrected chi connectivity index (χ3v) is 1.61. The van der Waals surface area contributed by atoms with Gasteiger partial charge in [0.2, 0.25) is 0 Å². The van der Waals surface area contributed by atoms with Gasteiger partial charge in [0.25, 0.3) is 0 Å². The molecule has 11 heavy (non-hydrogen) atoms. The molecule has 0 fully saturated rings. The van der Waals surface area contributed by atoms with E-state index in [2.05, 4.69) is 0 Å². The molecule has 0 aromatic rings. The topological polar surface area (TPSA) is 86.2 Å². The van der Waals surface area contributed by atoms with E-state index >= 15 is 0 Å². The van der Waals surface area contributed by atoms with Crippen molar-refractivity contribution < 1.29 is 9.59 Å². The van der Waals surface area contributed by atoms with Crippen molar-refractivity contribution in [3.8, 4) is 0 Å². The number of aldehydes is 2. The molecule has 1 unspecified atom stereocenters. The van der Waals surface area contributed by atoms with Crippen LogP contribution in [0.1, 0.15) is 19.8 Å². The molecule has 0 aromatic carbocycles. The minimum absolute atomic E-state index is 0.418. The highest BCUT2D eigenvalue weighted by atomic mass is 16.1. The van der Waals surface area contributed by atoms with Crippen molar-refractivity contribution in [3.63, 3.8) is 0 Å². The number of carbonyl (C=O) groups excluding carboxylic acids is 2. The van der Waals surface area contributed by atoms with E-state index in [1.54, 1.807) is 0 Å². The van der Waals surface area contributed by atoms with Crippen LogP contribution in [0.25, 0.3) is 0 Å². The van der Waals surface area contributed by atoms with E-state index in [1.165, 1.54) is 0 Å². The van der Waals surface area contributed by atoms with Crippen LogP contribution in [0.5, 0.6) is 0 Å². The molecule has 4 heteroatoms. The van der Waals surface area contributed by atoms with Gasteiger partial charge >= 0.3 is 0 Å². The number of hydrogen-bond acceptors (Lipinski definition) is 4. The molecule has 0 bridgehead atoms. The van der Waals surface area contributed by atoms with Crippen LogP contribution in [0, 0.1) is 5.92 Å². The summed E-state index contributed by atoms with van der Waals surface area (Å²) in [6.45, 7) is 1.90. The second-order valence-corrected chi connectivity index (χ2v) is 2.65. The molecule has 1 atom stereocenters. The Balaban J connectivity index is 4.22.